The monoisotopic (exact) mass is 169 g/mol. The highest BCUT2D eigenvalue weighted by atomic mass is 15.0. The minimum Gasteiger partial charge on any atom is -0.311 e. The van der Waals surface area contributed by atoms with Crippen LogP contribution in [0.1, 0.15) is 47.0 Å². The second-order valence-corrected chi connectivity index (χ2v) is 4.78. The Balaban J connectivity index is 2.37. The number of rotatable bonds is 4. The van der Waals surface area contributed by atoms with E-state index in [0.717, 1.165) is 17.9 Å². The fourth-order valence-electron chi connectivity index (χ4n) is 2.06. The highest BCUT2D eigenvalue weighted by Gasteiger charge is 2.29. The molecule has 0 aliphatic heterocycles. The van der Waals surface area contributed by atoms with E-state index in [1.807, 2.05) is 0 Å². The van der Waals surface area contributed by atoms with Gasteiger partial charge in [0.15, 0.2) is 0 Å². The molecule has 12 heavy (non-hydrogen) atoms. The van der Waals surface area contributed by atoms with Crippen molar-refractivity contribution in [3.05, 3.63) is 0 Å². The predicted octanol–water partition coefficient (Wildman–Crippen LogP) is 2.81. The van der Waals surface area contributed by atoms with Crippen LogP contribution in [0.25, 0.3) is 0 Å². The van der Waals surface area contributed by atoms with Crippen LogP contribution in [0, 0.1) is 11.8 Å². The normalized spacial score (nSPS) is 21.5. The summed E-state index contributed by atoms with van der Waals surface area (Å²) in [6, 6.07) is 1.40. The van der Waals surface area contributed by atoms with Crippen molar-refractivity contribution < 1.29 is 0 Å². The molecule has 0 spiro atoms. The Labute approximate surface area is 76.9 Å². The lowest BCUT2D eigenvalue weighted by Gasteiger charge is -2.38. The molecule has 72 valence electrons. The van der Waals surface area contributed by atoms with Gasteiger partial charge in [-0.05, 0) is 24.7 Å². The molecule has 0 unspecified atom stereocenters. The maximum absolute atomic E-state index is 3.68. The lowest BCUT2D eigenvalue weighted by molar-refractivity contribution is 0.179. The molecule has 1 heteroatoms. The summed E-state index contributed by atoms with van der Waals surface area (Å²) >= 11 is 0. The Kier molecular flexibility index (Phi) is 3.57. The van der Waals surface area contributed by atoms with Gasteiger partial charge in [0.2, 0.25) is 0 Å². The van der Waals surface area contributed by atoms with E-state index < -0.39 is 0 Å². The van der Waals surface area contributed by atoms with Gasteiger partial charge in [0.05, 0.1) is 0 Å². The minimum atomic E-state index is 0.637. The van der Waals surface area contributed by atoms with Gasteiger partial charge in [-0.1, -0.05) is 34.1 Å². The summed E-state index contributed by atoms with van der Waals surface area (Å²) in [5.41, 5.74) is 0. The third-order valence-electron chi connectivity index (χ3n) is 2.90. The molecule has 0 aromatic heterocycles. The smallest absolute Gasteiger partial charge is 0.0121 e. The van der Waals surface area contributed by atoms with Gasteiger partial charge in [-0.15, -0.1) is 0 Å². The fourth-order valence-corrected chi connectivity index (χ4v) is 2.06. The summed E-state index contributed by atoms with van der Waals surface area (Å²) in [6.07, 6.45) is 4.35. The molecule has 0 aromatic rings. The van der Waals surface area contributed by atoms with Gasteiger partial charge in [0.1, 0.15) is 0 Å². The molecule has 1 N–H and O–H groups in total. The van der Waals surface area contributed by atoms with Gasteiger partial charge in [-0.3, -0.25) is 0 Å². The van der Waals surface area contributed by atoms with E-state index in [4.69, 9.17) is 0 Å². The van der Waals surface area contributed by atoms with E-state index in [-0.39, 0.29) is 0 Å². The highest BCUT2D eigenvalue weighted by molar-refractivity contribution is 4.85. The molecule has 1 saturated carbocycles. The SMILES string of the molecule is CC(C)N[C@@H](C(C)C)C1CCC1. The van der Waals surface area contributed by atoms with Crippen LogP contribution >= 0.6 is 0 Å². The quantitative estimate of drug-likeness (QED) is 0.682. The van der Waals surface area contributed by atoms with Gasteiger partial charge in [-0.25, -0.2) is 0 Å². The lowest BCUT2D eigenvalue weighted by Crippen LogP contribution is -2.46. The number of hydrogen-bond donors (Lipinski definition) is 1. The molecular weight excluding hydrogens is 146 g/mol. The van der Waals surface area contributed by atoms with Crippen molar-refractivity contribution in [2.75, 3.05) is 0 Å². The Morgan fingerprint density at radius 3 is 1.92 bits per heavy atom. The first-order valence-electron chi connectivity index (χ1n) is 5.37. The van der Waals surface area contributed by atoms with Crippen molar-refractivity contribution in [3.8, 4) is 0 Å². The summed E-state index contributed by atoms with van der Waals surface area (Å²) in [5, 5.41) is 3.68. The summed E-state index contributed by atoms with van der Waals surface area (Å²) in [6.45, 7) is 9.15. The second kappa shape index (κ2) is 4.27. The first-order valence-corrected chi connectivity index (χ1v) is 5.37. The van der Waals surface area contributed by atoms with Crippen molar-refractivity contribution in [1.29, 1.82) is 0 Å². The van der Waals surface area contributed by atoms with Crippen molar-refractivity contribution in [3.63, 3.8) is 0 Å². The predicted molar refractivity (Wildman–Crippen MR) is 54.2 cm³/mol. The van der Waals surface area contributed by atoms with Gasteiger partial charge in [0, 0.05) is 12.1 Å². The van der Waals surface area contributed by atoms with Crippen LogP contribution in [0.15, 0.2) is 0 Å². The Hall–Kier alpha value is -0.0400. The van der Waals surface area contributed by atoms with Gasteiger partial charge < -0.3 is 5.32 Å². The largest absolute Gasteiger partial charge is 0.311 e. The van der Waals surface area contributed by atoms with Crippen LogP contribution in [0.3, 0.4) is 0 Å². The third-order valence-corrected chi connectivity index (χ3v) is 2.90. The second-order valence-electron chi connectivity index (χ2n) is 4.78. The van der Waals surface area contributed by atoms with Crippen LogP contribution < -0.4 is 5.32 Å². The maximum atomic E-state index is 3.68. The molecule has 0 amide bonds. The zero-order chi connectivity index (χ0) is 9.14. The average Bonchev–Trinajstić information content (AvgIpc) is 1.80. The Morgan fingerprint density at radius 1 is 1.08 bits per heavy atom. The molecular formula is C11H23N. The maximum Gasteiger partial charge on any atom is 0.0121 e. The summed E-state index contributed by atoms with van der Waals surface area (Å²) < 4.78 is 0. The van der Waals surface area contributed by atoms with E-state index >= 15 is 0 Å². The Morgan fingerprint density at radius 2 is 1.67 bits per heavy atom. The van der Waals surface area contributed by atoms with E-state index in [1.165, 1.54) is 19.3 Å². The van der Waals surface area contributed by atoms with Crippen molar-refractivity contribution in [2.45, 2.75) is 59.0 Å². The van der Waals surface area contributed by atoms with Crippen molar-refractivity contribution >= 4 is 0 Å². The van der Waals surface area contributed by atoms with Crippen molar-refractivity contribution in [2.24, 2.45) is 11.8 Å². The van der Waals surface area contributed by atoms with E-state index in [2.05, 4.69) is 33.0 Å². The first-order chi connectivity index (χ1) is 5.61. The van der Waals surface area contributed by atoms with E-state index in [9.17, 15) is 0 Å². The van der Waals surface area contributed by atoms with Crippen LogP contribution in [0.4, 0.5) is 0 Å². The first kappa shape index (κ1) is 10.0. The molecule has 0 heterocycles. The standard InChI is InChI=1S/C11H23N/c1-8(2)11(12-9(3)4)10-6-5-7-10/h8-12H,5-7H2,1-4H3/t11-/m0/s1. The summed E-state index contributed by atoms with van der Waals surface area (Å²) in [4.78, 5) is 0. The van der Waals surface area contributed by atoms with Crippen molar-refractivity contribution in [1.82, 2.24) is 5.32 Å². The molecule has 1 nitrogen and oxygen atoms in total. The van der Waals surface area contributed by atoms with E-state index in [1.54, 1.807) is 0 Å². The number of nitrogens with one attached hydrogen (secondary N) is 1. The van der Waals surface area contributed by atoms with Crippen LogP contribution in [0.5, 0.6) is 0 Å². The van der Waals surface area contributed by atoms with Gasteiger partial charge in [0.25, 0.3) is 0 Å². The van der Waals surface area contributed by atoms with Gasteiger partial charge >= 0.3 is 0 Å². The molecule has 0 radical (unpaired) electrons. The fraction of sp³-hybridized carbons (Fsp3) is 1.00. The minimum absolute atomic E-state index is 0.637. The zero-order valence-electron chi connectivity index (χ0n) is 8.93. The zero-order valence-corrected chi connectivity index (χ0v) is 8.93. The molecule has 1 fully saturated rings. The van der Waals surface area contributed by atoms with Crippen LogP contribution in [-0.4, -0.2) is 12.1 Å². The molecule has 1 atom stereocenters. The molecule has 1 aliphatic rings. The number of hydrogen-bond acceptors (Lipinski definition) is 1. The van der Waals surface area contributed by atoms with E-state index in [0.29, 0.717) is 6.04 Å². The molecule has 0 saturated heterocycles. The van der Waals surface area contributed by atoms with Crippen LogP contribution in [0.2, 0.25) is 0 Å². The van der Waals surface area contributed by atoms with Crippen LogP contribution in [-0.2, 0) is 0 Å². The third kappa shape index (κ3) is 2.48. The summed E-state index contributed by atoms with van der Waals surface area (Å²) in [7, 11) is 0. The summed E-state index contributed by atoms with van der Waals surface area (Å²) in [5.74, 6) is 1.75. The molecule has 0 aromatic carbocycles. The highest BCUT2D eigenvalue weighted by Crippen LogP contribution is 2.32. The molecule has 1 rings (SSSR count). The Bertz CT molecular complexity index is 125. The molecule has 0 bridgehead atoms. The van der Waals surface area contributed by atoms with Gasteiger partial charge in [-0.2, -0.15) is 0 Å². The molecule has 1 aliphatic carbocycles. The average molecular weight is 169 g/mol. The lowest BCUT2D eigenvalue weighted by atomic mass is 9.75. The topological polar surface area (TPSA) is 12.0 Å².